The van der Waals surface area contributed by atoms with Crippen LogP contribution in [-0.4, -0.2) is 10.5 Å². The number of primary amides is 1. The van der Waals surface area contributed by atoms with E-state index in [-0.39, 0.29) is 5.82 Å². The second-order valence-electron chi connectivity index (χ2n) is 6.74. The maximum atomic E-state index is 13.3. The maximum Gasteiger partial charge on any atom is 0.251 e. The molecule has 0 aliphatic carbocycles. The van der Waals surface area contributed by atoms with Crippen molar-refractivity contribution in [2.75, 3.05) is 0 Å². The summed E-state index contributed by atoms with van der Waals surface area (Å²) in [5.41, 5.74) is 10.00. The van der Waals surface area contributed by atoms with Crippen LogP contribution in [0.4, 0.5) is 4.39 Å². The van der Waals surface area contributed by atoms with Crippen molar-refractivity contribution in [3.8, 4) is 11.1 Å². The number of hydrogen-bond donors (Lipinski definition) is 1. The Bertz CT molecular complexity index is 714. The SMILES string of the molecule is CCCc1c(-c2ccc(F)cc2)c(C(N)=O)c(C)n1CCC(C)C. The van der Waals surface area contributed by atoms with Gasteiger partial charge in [-0.15, -0.1) is 0 Å². The minimum atomic E-state index is -0.424. The van der Waals surface area contributed by atoms with Gasteiger partial charge >= 0.3 is 0 Å². The van der Waals surface area contributed by atoms with Crippen LogP contribution in [0.15, 0.2) is 24.3 Å². The first-order chi connectivity index (χ1) is 11.4. The Labute approximate surface area is 143 Å². The second kappa shape index (κ2) is 7.65. The lowest BCUT2D eigenvalue weighted by molar-refractivity contribution is 0.1000. The van der Waals surface area contributed by atoms with Crippen molar-refractivity contribution in [3.63, 3.8) is 0 Å². The molecule has 0 aliphatic rings. The van der Waals surface area contributed by atoms with E-state index in [1.807, 2.05) is 6.92 Å². The van der Waals surface area contributed by atoms with Gasteiger partial charge in [-0.05, 0) is 43.4 Å². The summed E-state index contributed by atoms with van der Waals surface area (Å²) in [6, 6.07) is 6.30. The molecule has 4 heteroatoms. The molecule has 0 aliphatic heterocycles. The average molecular weight is 330 g/mol. The van der Waals surface area contributed by atoms with E-state index >= 15 is 0 Å². The van der Waals surface area contributed by atoms with Crippen molar-refractivity contribution in [2.24, 2.45) is 11.7 Å². The number of hydrogen-bond acceptors (Lipinski definition) is 1. The van der Waals surface area contributed by atoms with Crippen molar-refractivity contribution in [1.29, 1.82) is 0 Å². The Balaban J connectivity index is 2.67. The molecule has 1 amide bonds. The van der Waals surface area contributed by atoms with E-state index in [9.17, 15) is 9.18 Å². The van der Waals surface area contributed by atoms with Gasteiger partial charge < -0.3 is 10.3 Å². The molecule has 2 aromatic rings. The van der Waals surface area contributed by atoms with Crippen LogP contribution in [0.3, 0.4) is 0 Å². The predicted molar refractivity (Wildman–Crippen MR) is 96.5 cm³/mol. The highest BCUT2D eigenvalue weighted by Gasteiger charge is 2.24. The lowest BCUT2D eigenvalue weighted by Gasteiger charge is -2.14. The highest BCUT2D eigenvalue weighted by atomic mass is 19.1. The molecule has 1 aromatic carbocycles. The number of aromatic nitrogens is 1. The number of rotatable bonds is 7. The fourth-order valence-electron chi connectivity index (χ4n) is 3.21. The number of nitrogens with zero attached hydrogens (tertiary/aromatic N) is 1. The summed E-state index contributed by atoms with van der Waals surface area (Å²) in [5, 5.41) is 0. The molecule has 1 aromatic heterocycles. The molecular formula is C20H27FN2O. The molecule has 24 heavy (non-hydrogen) atoms. The van der Waals surface area contributed by atoms with Gasteiger partial charge in [0.2, 0.25) is 0 Å². The molecule has 2 N–H and O–H groups in total. The molecule has 0 unspecified atom stereocenters. The first kappa shape index (κ1) is 18.2. The van der Waals surface area contributed by atoms with E-state index < -0.39 is 5.91 Å². The Morgan fingerprint density at radius 2 is 1.88 bits per heavy atom. The molecule has 0 radical (unpaired) electrons. The predicted octanol–water partition coefficient (Wildman–Crippen LogP) is 4.70. The third-order valence-corrected chi connectivity index (χ3v) is 4.43. The van der Waals surface area contributed by atoms with E-state index in [4.69, 9.17) is 5.73 Å². The fourth-order valence-corrected chi connectivity index (χ4v) is 3.21. The summed E-state index contributed by atoms with van der Waals surface area (Å²) in [5.74, 6) is -0.132. The van der Waals surface area contributed by atoms with Gasteiger partial charge in [0.25, 0.3) is 5.91 Å². The smallest absolute Gasteiger partial charge is 0.251 e. The third kappa shape index (κ3) is 3.69. The quantitative estimate of drug-likeness (QED) is 0.786. The molecule has 3 nitrogen and oxygen atoms in total. The van der Waals surface area contributed by atoms with Crippen molar-refractivity contribution in [1.82, 2.24) is 4.57 Å². The Hall–Kier alpha value is -2.10. The summed E-state index contributed by atoms with van der Waals surface area (Å²) >= 11 is 0. The van der Waals surface area contributed by atoms with Crippen LogP contribution >= 0.6 is 0 Å². The van der Waals surface area contributed by atoms with Gasteiger partial charge in [0.05, 0.1) is 5.56 Å². The van der Waals surface area contributed by atoms with Crippen molar-refractivity contribution in [2.45, 2.75) is 53.5 Å². The Morgan fingerprint density at radius 1 is 1.25 bits per heavy atom. The standard InChI is InChI=1S/C20H27FN2O/c1-5-6-17-19(15-7-9-16(21)10-8-15)18(20(22)24)14(4)23(17)12-11-13(2)3/h7-10,13H,5-6,11-12H2,1-4H3,(H2,22,24). The third-order valence-electron chi connectivity index (χ3n) is 4.43. The zero-order valence-corrected chi connectivity index (χ0v) is 15.0. The number of nitrogens with two attached hydrogens (primary N) is 1. The van der Waals surface area contributed by atoms with Crippen molar-refractivity contribution in [3.05, 3.63) is 47.0 Å². The minimum absolute atomic E-state index is 0.285. The second-order valence-corrected chi connectivity index (χ2v) is 6.74. The van der Waals surface area contributed by atoms with Crippen LogP contribution in [-0.2, 0) is 13.0 Å². The molecule has 0 fully saturated rings. The van der Waals surface area contributed by atoms with Crippen LogP contribution in [0, 0.1) is 18.7 Å². The molecule has 0 atom stereocenters. The molecule has 0 bridgehead atoms. The van der Waals surface area contributed by atoms with Gasteiger partial charge in [0.15, 0.2) is 0 Å². The van der Waals surface area contributed by atoms with E-state index in [0.717, 1.165) is 48.3 Å². The Kier molecular flexibility index (Phi) is 5.81. The molecule has 130 valence electrons. The van der Waals surface area contributed by atoms with Crippen LogP contribution < -0.4 is 5.73 Å². The maximum absolute atomic E-state index is 13.3. The van der Waals surface area contributed by atoms with E-state index in [1.54, 1.807) is 12.1 Å². The molecule has 2 rings (SSSR count). The van der Waals surface area contributed by atoms with Crippen LogP contribution in [0.1, 0.15) is 55.4 Å². The minimum Gasteiger partial charge on any atom is -0.366 e. The fraction of sp³-hybridized carbons (Fsp3) is 0.450. The van der Waals surface area contributed by atoms with E-state index in [0.29, 0.717) is 11.5 Å². The largest absolute Gasteiger partial charge is 0.366 e. The molecule has 0 saturated heterocycles. The average Bonchev–Trinajstić information content (AvgIpc) is 2.79. The van der Waals surface area contributed by atoms with Gasteiger partial charge in [0, 0.05) is 23.5 Å². The summed E-state index contributed by atoms with van der Waals surface area (Å²) in [6.07, 6.45) is 2.86. The number of carbonyl (C=O) groups excluding carboxylic acids is 1. The van der Waals surface area contributed by atoms with E-state index in [1.165, 1.54) is 12.1 Å². The van der Waals surface area contributed by atoms with Crippen LogP contribution in [0.25, 0.3) is 11.1 Å². The first-order valence-corrected chi connectivity index (χ1v) is 8.64. The number of amides is 1. The highest BCUT2D eigenvalue weighted by molar-refractivity contribution is 6.02. The topological polar surface area (TPSA) is 48.0 Å². The molecule has 0 spiro atoms. The highest BCUT2D eigenvalue weighted by Crippen LogP contribution is 2.34. The summed E-state index contributed by atoms with van der Waals surface area (Å²) in [7, 11) is 0. The van der Waals surface area contributed by atoms with Crippen molar-refractivity contribution >= 4 is 5.91 Å². The molecular weight excluding hydrogens is 303 g/mol. The number of benzene rings is 1. The lowest BCUT2D eigenvalue weighted by Crippen LogP contribution is -2.13. The molecule has 0 saturated carbocycles. The zero-order valence-electron chi connectivity index (χ0n) is 15.0. The first-order valence-electron chi connectivity index (χ1n) is 8.64. The van der Waals surface area contributed by atoms with Gasteiger partial charge in [-0.25, -0.2) is 4.39 Å². The summed E-state index contributed by atoms with van der Waals surface area (Å²) in [4.78, 5) is 12.1. The summed E-state index contributed by atoms with van der Waals surface area (Å²) < 4.78 is 15.5. The molecule has 1 heterocycles. The van der Waals surface area contributed by atoms with Gasteiger partial charge in [-0.3, -0.25) is 4.79 Å². The Morgan fingerprint density at radius 3 is 2.38 bits per heavy atom. The monoisotopic (exact) mass is 330 g/mol. The number of carbonyl (C=O) groups is 1. The zero-order chi connectivity index (χ0) is 17.9. The van der Waals surface area contributed by atoms with Gasteiger partial charge in [-0.2, -0.15) is 0 Å². The van der Waals surface area contributed by atoms with Crippen LogP contribution in [0.5, 0.6) is 0 Å². The lowest BCUT2D eigenvalue weighted by atomic mass is 9.98. The van der Waals surface area contributed by atoms with Gasteiger partial charge in [0.1, 0.15) is 5.82 Å². The van der Waals surface area contributed by atoms with Crippen molar-refractivity contribution < 1.29 is 9.18 Å². The van der Waals surface area contributed by atoms with Gasteiger partial charge in [-0.1, -0.05) is 39.3 Å². The van der Waals surface area contributed by atoms with Crippen LogP contribution in [0.2, 0.25) is 0 Å². The summed E-state index contributed by atoms with van der Waals surface area (Å²) in [6.45, 7) is 9.31. The van der Waals surface area contributed by atoms with E-state index in [2.05, 4.69) is 25.3 Å². The normalized spacial score (nSPS) is 11.2. The number of halogens is 1.